The summed E-state index contributed by atoms with van der Waals surface area (Å²) in [5.41, 5.74) is 6.52. The van der Waals surface area contributed by atoms with E-state index in [1.54, 1.807) is 23.5 Å². The smallest absolute Gasteiger partial charge is 0.175 e. The van der Waals surface area contributed by atoms with Crippen LogP contribution in [-0.2, 0) is 0 Å². The molecule has 1 aliphatic heterocycles. The zero-order chi connectivity index (χ0) is 20.6. The maximum atomic E-state index is 10.4. The highest BCUT2D eigenvalue weighted by atomic mass is 32.2. The molecule has 3 atom stereocenters. The van der Waals surface area contributed by atoms with Crippen molar-refractivity contribution in [2.24, 2.45) is 21.6 Å². The lowest BCUT2D eigenvalue weighted by Gasteiger charge is -2.31. The van der Waals surface area contributed by atoms with Crippen LogP contribution in [0.2, 0.25) is 0 Å². The van der Waals surface area contributed by atoms with E-state index in [1.807, 2.05) is 0 Å². The van der Waals surface area contributed by atoms with Crippen molar-refractivity contribution in [3.05, 3.63) is 29.8 Å². The molecule has 0 radical (unpaired) electrons. The molecule has 0 spiro atoms. The molecule has 1 heterocycles. The second-order valence-electron chi connectivity index (χ2n) is 6.98. The van der Waals surface area contributed by atoms with Gasteiger partial charge >= 0.3 is 0 Å². The van der Waals surface area contributed by atoms with E-state index in [0.29, 0.717) is 5.84 Å². The number of rotatable bonds is 8. The second-order valence-corrected chi connectivity index (χ2v) is 10.2. The number of amidine groups is 1. The van der Waals surface area contributed by atoms with Crippen molar-refractivity contribution in [2.75, 3.05) is 29.5 Å². The van der Waals surface area contributed by atoms with Crippen molar-refractivity contribution in [3.63, 3.8) is 0 Å². The summed E-state index contributed by atoms with van der Waals surface area (Å²) in [5, 5.41) is 20.5. The lowest BCUT2D eigenvalue weighted by Crippen LogP contribution is -2.31. The monoisotopic (exact) mass is 413 g/mol. The van der Waals surface area contributed by atoms with E-state index in [-0.39, 0.29) is 5.92 Å². The van der Waals surface area contributed by atoms with E-state index in [0.717, 1.165) is 35.8 Å². The summed E-state index contributed by atoms with van der Waals surface area (Å²) in [6.45, 7) is 10.3. The fourth-order valence-corrected chi connectivity index (χ4v) is 7.97. The number of thioether (sulfide) groups is 2. The van der Waals surface area contributed by atoms with E-state index < -0.39 is 15.0 Å². The highest BCUT2D eigenvalue weighted by Gasteiger charge is 2.91. The number of nitrogens with zero attached hydrogens (tertiary/aromatic N) is 4. The normalized spacial score (nSPS) is 29.4. The van der Waals surface area contributed by atoms with Crippen molar-refractivity contribution in [1.82, 2.24) is 0 Å². The van der Waals surface area contributed by atoms with Gasteiger partial charge in [0.1, 0.15) is 16.7 Å². The maximum absolute atomic E-state index is 10.4. The molecular formula is C21H27N5S2. The molecule has 1 fully saturated rings. The number of aliphatic imine (C=N–C) groups is 1. The number of benzene rings is 1. The molecule has 3 unspecified atom stereocenters. The van der Waals surface area contributed by atoms with Gasteiger partial charge in [-0.2, -0.15) is 10.5 Å². The SMILES string of the molecule is CCSC1(SCC)N=C(N)C2(C#N)C(c3ccc(N(CC)CC)cc3)C12C#N. The first-order valence-electron chi connectivity index (χ1n) is 9.79. The lowest BCUT2D eigenvalue weighted by atomic mass is 9.97. The molecule has 5 nitrogen and oxygen atoms in total. The average molecular weight is 414 g/mol. The van der Waals surface area contributed by atoms with E-state index in [4.69, 9.17) is 10.7 Å². The molecule has 1 saturated carbocycles. The molecule has 1 aromatic rings. The van der Waals surface area contributed by atoms with Crippen LogP contribution >= 0.6 is 23.5 Å². The number of hydrogen-bond acceptors (Lipinski definition) is 7. The third-order valence-corrected chi connectivity index (χ3v) is 8.86. The minimum absolute atomic E-state index is 0.253. The molecule has 0 amide bonds. The van der Waals surface area contributed by atoms with Crippen LogP contribution < -0.4 is 10.6 Å². The van der Waals surface area contributed by atoms with E-state index in [1.165, 1.54) is 0 Å². The van der Waals surface area contributed by atoms with Crippen LogP contribution in [0.4, 0.5) is 5.69 Å². The Hall–Kier alpha value is -1.83. The molecule has 0 saturated heterocycles. The standard InChI is InChI=1S/C21H27N5S2/c1-5-26(6-2)16-11-9-15(10-12-16)17-19(13-22)18(24)25-21(27-7-3,28-8-4)20(17,19)14-23/h9-12,17H,5-8H2,1-4H3,(H2,24,25). The highest BCUT2D eigenvalue weighted by molar-refractivity contribution is 8.18. The Morgan fingerprint density at radius 1 is 1.04 bits per heavy atom. The van der Waals surface area contributed by atoms with Crippen LogP contribution in [-0.4, -0.2) is 34.6 Å². The summed E-state index contributed by atoms with van der Waals surface area (Å²) in [6.07, 6.45) is 0. The highest BCUT2D eigenvalue weighted by Crippen LogP contribution is 2.85. The summed E-state index contributed by atoms with van der Waals surface area (Å²) in [7, 11) is 0. The zero-order valence-electron chi connectivity index (χ0n) is 16.9. The van der Waals surface area contributed by atoms with Crippen LogP contribution in [0.25, 0.3) is 0 Å². The van der Waals surface area contributed by atoms with E-state index in [9.17, 15) is 10.5 Å². The largest absolute Gasteiger partial charge is 0.386 e. The van der Waals surface area contributed by atoms with Gasteiger partial charge in [0.05, 0.1) is 12.1 Å². The molecular weight excluding hydrogens is 386 g/mol. The van der Waals surface area contributed by atoms with Gasteiger partial charge in [-0.1, -0.05) is 26.0 Å². The van der Waals surface area contributed by atoms with E-state index >= 15 is 0 Å². The quantitative estimate of drug-likeness (QED) is 0.643. The Morgan fingerprint density at radius 2 is 1.61 bits per heavy atom. The first-order chi connectivity index (χ1) is 13.5. The molecule has 2 N–H and O–H groups in total. The Morgan fingerprint density at radius 3 is 2.04 bits per heavy atom. The molecule has 0 bridgehead atoms. The second kappa shape index (κ2) is 7.54. The molecule has 0 aromatic heterocycles. The Bertz CT molecular complexity index is 843. The number of hydrogen-bond donors (Lipinski definition) is 1. The minimum atomic E-state index is -1.04. The van der Waals surface area contributed by atoms with Gasteiger partial charge in [-0.3, -0.25) is 0 Å². The summed E-state index contributed by atoms with van der Waals surface area (Å²) < 4.78 is -0.729. The van der Waals surface area contributed by atoms with Crippen molar-refractivity contribution in [1.29, 1.82) is 10.5 Å². The van der Waals surface area contributed by atoms with Crippen LogP contribution in [0, 0.1) is 33.5 Å². The van der Waals surface area contributed by atoms with Gasteiger partial charge in [0.25, 0.3) is 0 Å². The predicted molar refractivity (Wildman–Crippen MR) is 119 cm³/mol. The molecule has 28 heavy (non-hydrogen) atoms. The third kappa shape index (κ3) is 2.42. The summed E-state index contributed by atoms with van der Waals surface area (Å²) >= 11 is 3.26. The first-order valence-corrected chi connectivity index (χ1v) is 11.8. The Labute approximate surface area is 176 Å². The van der Waals surface area contributed by atoms with Crippen molar-refractivity contribution in [3.8, 4) is 12.1 Å². The van der Waals surface area contributed by atoms with Crippen LogP contribution in [0.5, 0.6) is 0 Å². The molecule has 1 aliphatic carbocycles. The van der Waals surface area contributed by atoms with Gasteiger partial charge in [0, 0.05) is 24.7 Å². The van der Waals surface area contributed by atoms with Crippen molar-refractivity contribution in [2.45, 2.75) is 37.8 Å². The van der Waals surface area contributed by atoms with Gasteiger partial charge < -0.3 is 10.6 Å². The molecule has 148 valence electrons. The molecule has 3 rings (SSSR count). The molecule has 1 aromatic carbocycles. The fourth-order valence-electron chi connectivity index (χ4n) is 4.72. The van der Waals surface area contributed by atoms with Crippen LogP contribution in [0.1, 0.15) is 39.2 Å². The number of nitriles is 2. The van der Waals surface area contributed by atoms with Gasteiger partial charge in [-0.05, 0) is 43.0 Å². The summed E-state index contributed by atoms with van der Waals surface area (Å²) in [4.78, 5) is 7.01. The van der Waals surface area contributed by atoms with Gasteiger partial charge in [0.15, 0.2) is 4.20 Å². The fraction of sp³-hybridized carbons (Fsp3) is 0.571. The van der Waals surface area contributed by atoms with Crippen LogP contribution in [0.15, 0.2) is 29.3 Å². The van der Waals surface area contributed by atoms with Gasteiger partial charge in [-0.15, -0.1) is 23.5 Å². The number of anilines is 1. The third-order valence-electron chi connectivity index (χ3n) is 5.96. The molecule has 2 aliphatic rings. The lowest BCUT2D eigenvalue weighted by molar-refractivity contribution is 0.564. The minimum Gasteiger partial charge on any atom is -0.386 e. The predicted octanol–water partition coefficient (Wildman–Crippen LogP) is 4.18. The average Bonchev–Trinajstić information content (AvgIpc) is 3.28. The number of fused-ring (bicyclic) bond motifs is 1. The van der Waals surface area contributed by atoms with Gasteiger partial charge in [0.2, 0.25) is 0 Å². The Balaban J connectivity index is 2.10. The molecule has 7 heteroatoms. The van der Waals surface area contributed by atoms with E-state index in [2.05, 4.69) is 69.0 Å². The maximum Gasteiger partial charge on any atom is 0.175 e. The zero-order valence-corrected chi connectivity index (χ0v) is 18.5. The first kappa shape index (κ1) is 20.9. The Kier molecular flexibility index (Phi) is 5.62. The number of nitrogens with two attached hydrogens (primary N) is 1. The van der Waals surface area contributed by atoms with Crippen LogP contribution in [0.3, 0.4) is 0 Å². The van der Waals surface area contributed by atoms with Crippen molar-refractivity contribution < 1.29 is 0 Å². The van der Waals surface area contributed by atoms with Gasteiger partial charge in [-0.25, -0.2) is 4.99 Å². The topological polar surface area (TPSA) is 89.2 Å². The van der Waals surface area contributed by atoms with Crippen molar-refractivity contribution >= 4 is 35.0 Å². The summed E-state index contributed by atoms with van der Waals surface area (Å²) in [6, 6.07) is 13.2. The summed E-state index contributed by atoms with van der Waals surface area (Å²) in [5.74, 6) is 1.68.